The van der Waals surface area contributed by atoms with Crippen LogP contribution in [0.4, 0.5) is 11.5 Å². The van der Waals surface area contributed by atoms with E-state index in [4.69, 9.17) is 0 Å². The molecule has 26 heavy (non-hydrogen) atoms. The zero-order valence-electron chi connectivity index (χ0n) is 14.4. The molecular weight excluding hydrogens is 324 g/mol. The summed E-state index contributed by atoms with van der Waals surface area (Å²) in [5, 5.41) is 2.94. The van der Waals surface area contributed by atoms with Gasteiger partial charge >= 0.3 is 0 Å². The number of rotatable bonds is 6. The number of carbonyl (C=O) groups is 1. The summed E-state index contributed by atoms with van der Waals surface area (Å²) in [4.78, 5) is 23.0. The summed E-state index contributed by atoms with van der Waals surface area (Å²) in [5.74, 6) is 0.559. The van der Waals surface area contributed by atoms with Gasteiger partial charge in [0.05, 0.1) is 12.4 Å². The van der Waals surface area contributed by atoms with Crippen molar-refractivity contribution in [2.45, 2.75) is 25.4 Å². The number of aromatic nitrogens is 2. The Hall–Kier alpha value is -3.21. The molecule has 0 bridgehead atoms. The molecular formula is C21H20N4O. The van der Waals surface area contributed by atoms with Crippen molar-refractivity contribution in [3.63, 3.8) is 0 Å². The van der Waals surface area contributed by atoms with Crippen LogP contribution in [0.1, 0.15) is 28.9 Å². The SMILES string of the molecule is O=C(NC1CC1)c1cnc(N(Cc2ccccc2)c2ccccc2)cn1. The van der Waals surface area contributed by atoms with Gasteiger partial charge in [-0.25, -0.2) is 9.97 Å². The van der Waals surface area contributed by atoms with Gasteiger partial charge in [-0.15, -0.1) is 0 Å². The van der Waals surface area contributed by atoms with Crippen LogP contribution in [-0.2, 0) is 6.54 Å². The lowest BCUT2D eigenvalue weighted by Crippen LogP contribution is -2.26. The monoisotopic (exact) mass is 344 g/mol. The molecule has 1 fully saturated rings. The van der Waals surface area contributed by atoms with Gasteiger partial charge in [-0.1, -0.05) is 48.5 Å². The second kappa shape index (κ2) is 7.35. The third-order valence-electron chi connectivity index (χ3n) is 4.31. The Balaban J connectivity index is 1.59. The summed E-state index contributed by atoms with van der Waals surface area (Å²) in [5.41, 5.74) is 2.56. The molecule has 1 aliphatic carbocycles. The normalized spacial score (nSPS) is 13.2. The minimum Gasteiger partial charge on any atom is -0.348 e. The molecule has 0 aliphatic heterocycles. The van der Waals surface area contributed by atoms with Crippen molar-refractivity contribution in [1.82, 2.24) is 15.3 Å². The average molecular weight is 344 g/mol. The van der Waals surface area contributed by atoms with E-state index in [9.17, 15) is 4.79 Å². The predicted molar refractivity (Wildman–Crippen MR) is 101 cm³/mol. The van der Waals surface area contributed by atoms with Gasteiger partial charge in [-0.05, 0) is 30.5 Å². The lowest BCUT2D eigenvalue weighted by Gasteiger charge is -2.23. The first-order valence-corrected chi connectivity index (χ1v) is 8.79. The number of para-hydroxylation sites is 1. The molecule has 2 aromatic carbocycles. The topological polar surface area (TPSA) is 58.1 Å². The summed E-state index contributed by atoms with van der Waals surface area (Å²) in [7, 11) is 0. The van der Waals surface area contributed by atoms with Crippen LogP contribution in [0.25, 0.3) is 0 Å². The molecule has 0 spiro atoms. The van der Waals surface area contributed by atoms with Crippen molar-refractivity contribution in [3.8, 4) is 0 Å². The average Bonchev–Trinajstić information content (AvgIpc) is 3.52. The molecule has 1 saturated carbocycles. The second-order valence-electron chi connectivity index (χ2n) is 6.41. The van der Waals surface area contributed by atoms with Gasteiger partial charge in [0.25, 0.3) is 5.91 Å². The quantitative estimate of drug-likeness (QED) is 0.741. The van der Waals surface area contributed by atoms with Crippen molar-refractivity contribution < 1.29 is 4.79 Å². The smallest absolute Gasteiger partial charge is 0.271 e. The van der Waals surface area contributed by atoms with E-state index < -0.39 is 0 Å². The fraction of sp³-hybridized carbons (Fsp3) is 0.190. The molecule has 0 unspecified atom stereocenters. The predicted octanol–water partition coefficient (Wildman–Crippen LogP) is 3.71. The van der Waals surface area contributed by atoms with Crippen molar-refractivity contribution in [2.24, 2.45) is 0 Å². The first-order valence-electron chi connectivity index (χ1n) is 8.79. The lowest BCUT2D eigenvalue weighted by atomic mass is 10.2. The Morgan fingerprint density at radius 1 is 0.962 bits per heavy atom. The van der Waals surface area contributed by atoms with Crippen LogP contribution in [0, 0.1) is 0 Å². The van der Waals surface area contributed by atoms with Crippen molar-refractivity contribution in [3.05, 3.63) is 84.3 Å². The molecule has 1 amide bonds. The molecule has 130 valence electrons. The highest BCUT2D eigenvalue weighted by molar-refractivity contribution is 5.92. The minimum atomic E-state index is -0.152. The molecule has 5 nitrogen and oxygen atoms in total. The van der Waals surface area contributed by atoms with E-state index in [1.165, 1.54) is 5.56 Å². The third-order valence-corrected chi connectivity index (χ3v) is 4.31. The lowest BCUT2D eigenvalue weighted by molar-refractivity contribution is 0.0945. The molecule has 5 heteroatoms. The summed E-state index contributed by atoms with van der Waals surface area (Å²) in [6.45, 7) is 0.674. The Morgan fingerprint density at radius 3 is 2.27 bits per heavy atom. The van der Waals surface area contributed by atoms with Crippen molar-refractivity contribution in [1.29, 1.82) is 0 Å². The molecule has 3 aromatic rings. The van der Waals surface area contributed by atoms with E-state index in [0.29, 0.717) is 24.1 Å². The molecule has 1 aliphatic rings. The van der Waals surface area contributed by atoms with Gasteiger partial charge < -0.3 is 10.2 Å². The van der Waals surface area contributed by atoms with Gasteiger partial charge in [-0.3, -0.25) is 4.79 Å². The van der Waals surface area contributed by atoms with Gasteiger partial charge in [0, 0.05) is 18.3 Å². The van der Waals surface area contributed by atoms with E-state index in [1.807, 2.05) is 48.5 Å². The van der Waals surface area contributed by atoms with Crippen LogP contribution < -0.4 is 10.2 Å². The van der Waals surface area contributed by atoms with E-state index >= 15 is 0 Å². The van der Waals surface area contributed by atoms with Crippen LogP contribution in [0.2, 0.25) is 0 Å². The molecule has 1 aromatic heterocycles. The first kappa shape index (κ1) is 16.3. The zero-order valence-corrected chi connectivity index (χ0v) is 14.4. The second-order valence-corrected chi connectivity index (χ2v) is 6.41. The standard InChI is InChI=1S/C21H20N4O/c26-21(24-17-11-12-17)19-13-23-20(14-22-19)25(18-9-5-2-6-10-18)15-16-7-3-1-4-8-16/h1-10,13-14,17H,11-12,15H2,(H,24,26). The largest absolute Gasteiger partial charge is 0.348 e. The van der Waals surface area contributed by atoms with Gasteiger partial charge in [0.15, 0.2) is 5.82 Å². The van der Waals surface area contributed by atoms with E-state index in [2.05, 4.69) is 32.3 Å². The van der Waals surface area contributed by atoms with Gasteiger partial charge in [0.1, 0.15) is 5.69 Å². The number of hydrogen-bond donors (Lipinski definition) is 1. The summed E-state index contributed by atoms with van der Waals surface area (Å²) >= 11 is 0. The van der Waals surface area contributed by atoms with E-state index in [0.717, 1.165) is 18.5 Å². The Labute approximate surface area is 152 Å². The van der Waals surface area contributed by atoms with E-state index in [1.54, 1.807) is 12.4 Å². The fourth-order valence-corrected chi connectivity index (χ4v) is 2.74. The van der Waals surface area contributed by atoms with Crippen LogP contribution in [0.3, 0.4) is 0 Å². The molecule has 0 atom stereocenters. The number of hydrogen-bond acceptors (Lipinski definition) is 4. The number of benzene rings is 2. The minimum absolute atomic E-state index is 0.152. The Bertz CT molecular complexity index is 862. The maximum absolute atomic E-state index is 12.1. The third kappa shape index (κ3) is 3.88. The first-order chi connectivity index (χ1) is 12.8. The molecule has 1 N–H and O–H groups in total. The number of carbonyl (C=O) groups excluding carboxylic acids is 1. The van der Waals surface area contributed by atoms with Crippen LogP contribution >= 0.6 is 0 Å². The molecule has 1 heterocycles. The van der Waals surface area contributed by atoms with E-state index in [-0.39, 0.29) is 5.91 Å². The number of nitrogens with zero attached hydrogens (tertiary/aromatic N) is 3. The fourth-order valence-electron chi connectivity index (χ4n) is 2.74. The maximum Gasteiger partial charge on any atom is 0.271 e. The van der Waals surface area contributed by atoms with Crippen molar-refractivity contribution >= 4 is 17.4 Å². The summed E-state index contributed by atoms with van der Waals surface area (Å²) in [6, 6.07) is 20.6. The number of nitrogens with one attached hydrogen (secondary N) is 1. The highest BCUT2D eigenvalue weighted by atomic mass is 16.2. The van der Waals surface area contributed by atoms with Crippen LogP contribution in [0.5, 0.6) is 0 Å². The summed E-state index contributed by atoms with van der Waals surface area (Å²) < 4.78 is 0. The summed E-state index contributed by atoms with van der Waals surface area (Å²) in [6.07, 6.45) is 5.32. The van der Waals surface area contributed by atoms with Crippen LogP contribution in [-0.4, -0.2) is 21.9 Å². The molecule has 4 rings (SSSR count). The number of amides is 1. The Morgan fingerprint density at radius 2 is 1.65 bits per heavy atom. The molecule has 0 saturated heterocycles. The maximum atomic E-state index is 12.1. The van der Waals surface area contributed by atoms with Gasteiger partial charge in [0.2, 0.25) is 0 Å². The molecule has 0 radical (unpaired) electrons. The Kier molecular flexibility index (Phi) is 4.60. The number of anilines is 2. The zero-order chi connectivity index (χ0) is 17.8. The van der Waals surface area contributed by atoms with Gasteiger partial charge in [-0.2, -0.15) is 0 Å². The highest BCUT2D eigenvalue weighted by Crippen LogP contribution is 2.25. The highest BCUT2D eigenvalue weighted by Gasteiger charge is 2.24. The van der Waals surface area contributed by atoms with Crippen molar-refractivity contribution in [2.75, 3.05) is 4.90 Å². The van der Waals surface area contributed by atoms with Crippen LogP contribution in [0.15, 0.2) is 73.1 Å².